The first-order valence-corrected chi connectivity index (χ1v) is 11.3. The number of aromatic hydroxyl groups is 1. The lowest BCUT2D eigenvalue weighted by atomic mass is 10.1. The monoisotopic (exact) mass is 493 g/mol. The van der Waals surface area contributed by atoms with E-state index in [1.165, 1.54) is 30.9 Å². The summed E-state index contributed by atoms with van der Waals surface area (Å²) >= 11 is 1.18. The Morgan fingerprint density at radius 1 is 1.03 bits per heavy atom. The van der Waals surface area contributed by atoms with Gasteiger partial charge in [-0.15, -0.1) is 5.10 Å². The Bertz CT molecular complexity index is 1260. The molecule has 3 aromatic rings. The lowest BCUT2D eigenvalue weighted by Gasteiger charge is -2.12. The largest absolute Gasteiger partial charge is 0.502 e. The Kier molecular flexibility index (Phi) is 7.41. The summed E-state index contributed by atoms with van der Waals surface area (Å²) in [5, 5.41) is 19.0. The van der Waals surface area contributed by atoms with E-state index in [4.69, 9.17) is 18.6 Å². The second-order valence-electron chi connectivity index (χ2n) is 7.26. The van der Waals surface area contributed by atoms with E-state index >= 15 is 0 Å². The van der Waals surface area contributed by atoms with Crippen molar-refractivity contribution in [3.05, 3.63) is 76.6 Å². The third-order valence-corrected chi connectivity index (χ3v) is 6.04. The first kappa shape index (κ1) is 24.0. The van der Waals surface area contributed by atoms with Crippen LogP contribution in [0.4, 0.5) is 0 Å². The van der Waals surface area contributed by atoms with E-state index in [2.05, 4.69) is 10.2 Å². The topological polar surface area (TPSA) is 106 Å². The van der Waals surface area contributed by atoms with Crippen LogP contribution in [0.15, 0.2) is 74.3 Å². The number of phenolic OH excluding ortho intramolecular Hbond substituents is 1. The number of phenols is 1. The Morgan fingerprint density at radius 2 is 1.74 bits per heavy atom. The van der Waals surface area contributed by atoms with Crippen molar-refractivity contribution in [3.63, 3.8) is 0 Å². The van der Waals surface area contributed by atoms with Gasteiger partial charge in [-0.2, -0.15) is 5.10 Å². The molecule has 9 nitrogen and oxygen atoms in total. The third kappa shape index (κ3) is 5.49. The van der Waals surface area contributed by atoms with Gasteiger partial charge in [0, 0.05) is 0 Å². The second-order valence-corrected chi connectivity index (χ2v) is 8.26. The third-order valence-electron chi connectivity index (χ3n) is 5.05. The van der Waals surface area contributed by atoms with Crippen molar-refractivity contribution in [2.45, 2.75) is 6.54 Å². The van der Waals surface area contributed by atoms with Gasteiger partial charge in [-0.3, -0.25) is 9.69 Å². The predicted octanol–water partition coefficient (Wildman–Crippen LogP) is 4.52. The summed E-state index contributed by atoms with van der Waals surface area (Å²) in [6, 6.07) is 14.1. The normalized spacial score (nSPS) is 16.0. The Morgan fingerprint density at radius 3 is 2.34 bits per heavy atom. The molecule has 0 radical (unpaired) electrons. The summed E-state index contributed by atoms with van der Waals surface area (Å²) in [4.78, 5) is 15.2. The van der Waals surface area contributed by atoms with Crippen LogP contribution in [-0.2, 0) is 11.3 Å². The van der Waals surface area contributed by atoms with Gasteiger partial charge in [0.2, 0.25) is 5.75 Å². The number of benzene rings is 2. The first-order valence-electron chi connectivity index (χ1n) is 10.5. The fraction of sp³-hybridized carbons (Fsp3) is 0.160. The minimum absolute atomic E-state index is 0.114. The number of amidine groups is 1. The Hall–Kier alpha value is -4.18. The molecule has 35 heavy (non-hydrogen) atoms. The highest BCUT2D eigenvalue weighted by molar-refractivity contribution is 8.18. The van der Waals surface area contributed by atoms with Gasteiger partial charge in [0.05, 0.1) is 45.3 Å². The molecule has 1 saturated heterocycles. The molecule has 0 unspecified atom stereocenters. The van der Waals surface area contributed by atoms with Gasteiger partial charge in [0.25, 0.3) is 5.91 Å². The van der Waals surface area contributed by atoms with Crippen molar-refractivity contribution in [1.29, 1.82) is 0 Å². The molecule has 1 N–H and O–H groups in total. The molecule has 0 saturated carbocycles. The molecule has 10 heteroatoms. The van der Waals surface area contributed by atoms with Gasteiger partial charge in [-0.1, -0.05) is 0 Å². The fourth-order valence-corrected chi connectivity index (χ4v) is 4.20. The average molecular weight is 494 g/mol. The maximum absolute atomic E-state index is 13.3. The summed E-state index contributed by atoms with van der Waals surface area (Å²) in [7, 11) is 4.49. The summed E-state index contributed by atoms with van der Waals surface area (Å²) in [5.41, 5.74) is 1.45. The molecule has 0 bridgehead atoms. The molecule has 1 aliphatic heterocycles. The van der Waals surface area contributed by atoms with Crippen LogP contribution in [0.1, 0.15) is 16.9 Å². The summed E-state index contributed by atoms with van der Waals surface area (Å²) in [5.74, 6) is 1.45. The van der Waals surface area contributed by atoms with Crippen LogP contribution in [0, 0.1) is 0 Å². The van der Waals surface area contributed by atoms with Crippen LogP contribution >= 0.6 is 11.8 Å². The fourth-order valence-electron chi connectivity index (χ4n) is 3.26. The minimum atomic E-state index is -0.254. The number of nitrogens with zero attached hydrogens (tertiary/aromatic N) is 3. The number of carbonyl (C=O) groups excluding carboxylic acids is 1. The maximum atomic E-state index is 13.3. The summed E-state index contributed by atoms with van der Waals surface area (Å²) in [6.45, 7) is 0.204. The van der Waals surface area contributed by atoms with Crippen molar-refractivity contribution in [2.75, 3.05) is 21.3 Å². The van der Waals surface area contributed by atoms with E-state index in [0.29, 0.717) is 21.4 Å². The maximum Gasteiger partial charge on any atom is 0.267 e. The molecule has 1 aromatic heterocycles. The average Bonchev–Trinajstić information content (AvgIpc) is 3.49. The van der Waals surface area contributed by atoms with Crippen LogP contribution in [0.2, 0.25) is 0 Å². The smallest absolute Gasteiger partial charge is 0.267 e. The molecule has 0 spiro atoms. The van der Waals surface area contributed by atoms with Crippen molar-refractivity contribution in [1.82, 2.24) is 4.90 Å². The zero-order valence-corrected chi connectivity index (χ0v) is 20.1. The molecule has 1 fully saturated rings. The van der Waals surface area contributed by atoms with E-state index in [1.807, 2.05) is 24.3 Å². The summed E-state index contributed by atoms with van der Waals surface area (Å²) in [6.07, 6.45) is 4.83. The number of rotatable bonds is 8. The van der Waals surface area contributed by atoms with E-state index < -0.39 is 0 Å². The Balaban J connectivity index is 1.64. The molecule has 2 aromatic carbocycles. The lowest BCUT2D eigenvalue weighted by molar-refractivity contribution is -0.122. The van der Waals surface area contributed by atoms with Crippen LogP contribution < -0.4 is 14.2 Å². The second kappa shape index (κ2) is 10.8. The van der Waals surface area contributed by atoms with Crippen LogP contribution in [0.3, 0.4) is 0 Å². The highest BCUT2D eigenvalue weighted by atomic mass is 32.2. The van der Waals surface area contributed by atoms with Crippen molar-refractivity contribution >= 4 is 35.1 Å². The van der Waals surface area contributed by atoms with E-state index in [-0.39, 0.29) is 29.7 Å². The van der Waals surface area contributed by atoms with Gasteiger partial charge < -0.3 is 23.7 Å². The Labute approximate surface area is 206 Å². The predicted molar refractivity (Wildman–Crippen MR) is 134 cm³/mol. The quantitative estimate of drug-likeness (QED) is 0.279. The molecule has 180 valence electrons. The first-order chi connectivity index (χ1) is 17.0. The molecule has 0 aliphatic carbocycles. The SMILES string of the molecule is COc1ccc(/C=N\N=C2\S/C(=C\c3cc(OC)c(O)c(OC)c3)C(=O)N2Cc2ccco2)cc1. The number of hydrogen-bond donors (Lipinski definition) is 1. The highest BCUT2D eigenvalue weighted by Crippen LogP contribution is 2.39. The van der Waals surface area contributed by atoms with Gasteiger partial charge in [0.1, 0.15) is 11.5 Å². The lowest BCUT2D eigenvalue weighted by Crippen LogP contribution is -2.28. The van der Waals surface area contributed by atoms with Gasteiger partial charge in [-0.25, -0.2) is 0 Å². The minimum Gasteiger partial charge on any atom is -0.502 e. The number of carbonyl (C=O) groups is 1. The molecule has 0 atom stereocenters. The van der Waals surface area contributed by atoms with Gasteiger partial charge >= 0.3 is 0 Å². The molecular weight excluding hydrogens is 470 g/mol. The zero-order valence-electron chi connectivity index (χ0n) is 19.3. The van der Waals surface area contributed by atoms with E-state index in [9.17, 15) is 9.90 Å². The molecule has 4 rings (SSSR count). The van der Waals surface area contributed by atoms with Gasteiger partial charge in [0.15, 0.2) is 16.7 Å². The summed E-state index contributed by atoms with van der Waals surface area (Å²) < 4.78 is 21.0. The van der Waals surface area contributed by atoms with Crippen molar-refractivity contribution < 1.29 is 28.5 Å². The number of hydrogen-bond acceptors (Lipinski definition) is 9. The van der Waals surface area contributed by atoms with E-state index in [1.54, 1.807) is 49.9 Å². The van der Waals surface area contributed by atoms with Crippen LogP contribution in [0.25, 0.3) is 6.08 Å². The molecular formula is C25H23N3O6S. The van der Waals surface area contributed by atoms with E-state index in [0.717, 1.165) is 11.3 Å². The van der Waals surface area contributed by atoms with Crippen molar-refractivity contribution in [2.24, 2.45) is 10.2 Å². The van der Waals surface area contributed by atoms with Crippen LogP contribution in [0.5, 0.6) is 23.0 Å². The highest BCUT2D eigenvalue weighted by Gasteiger charge is 2.34. The molecule has 2 heterocycles. The molecule has 1 amide bonds. The number of furan rings is 1. The zero-order chi connectivity index (χ0) is 24.8. The molecule has 1 aliphatic rings. The van der Waals surface area contributed by atoms with Crippen LogP contribution in [-0.4, -0.2) is 48.6 Å². The standard InChI is InChI=1S/C25H23N3O6S/c1-31-18-8-6-16(7-9-18)14-26-27-25-28(15-19-5-4-10-34-19)24(30)22(35-25)13-17-11-20(32-2)23(29)21(12-17)33-3/h4-14,29H,15H2,1-3H3/b22-13-,26-14-,27-25+. The van der Waals surface area contributed by atoms with Crippen molar-refractivity contribution in [3.8, 4) is 23.0 Å². The van der Waals surface area contributed by atoms with Gasteiger partial charge in [-0.05, 0) is 77.5 Å². The number of methoxy groups -OCH3 is 3. The number of amides is 1. The number of thioether (sulfide) groups is 1. The number of ether oxygens (including phenoxy) is 3.